The average Bonchev–Trinajstić information content (AvgIpc) is 2.43. The van der Waals surface area contributed by atoms with E-state index in [1.807, 2.05) is 25.3 Å². The van der Waals surface area contributed by atoms with Crippen molar-refractivity contribution in [1.29, 1.82) is 0 Å². The maximum atomic E-state index is 5.35. The van der Waals surface area contributed by atoms with E-state index in [9.17, 15) is 0 Å². The first-order chi connectivity index (χ1) is 8.65. The van der Waals surface area contributed by atoms with Gasteiger partial charge in [0, 0.05) is 17.7 Å². The Morgan fingerprint density at radius 1 is 1.00 bits per heavy atom. The summed E-state index contributed by atoms with van der Waals surface area (Å²) in [5, 5.41) is 3.14. The van der Waals surface area contributed by atoms with Crippen LogP contribution in [0, 0.1) is 0 Å². The van der Waals surface area contributed by atoms with E-state index in [4.69, 9.17) is 14.2 Å². The zero-order valence-corrected chi connectivity index (χ0v) is 11.6. The van der Waals surface area contributed by atoms with Crippen LogP contribution in [0.5, 0.6) is 17.2 Å². The summed E-state index contributed by atoms with van der Waals surface area (Å²) < 4.78 is 15.9. The Labute approximate surface area is 109 Å². The highest BCUT2D eigenvalue weighted by Gasteiger charge is 2.09. The van der Waals surface area contributed by atoms with Crippen LogP contribution in [-0.2, 0) is 0 Å². The predicted molar refractivity (Wildman–Crippen MR) is 73.7 cm³/mol. The second-order valence-corrected chi connectivity index (χ2v) is 3.89. The molecule has 1 rings (SSSR count). The number of ether oxygens (including phenoxy) is 3. The average molecular weight is 251 g/mol. The van der Waals surface area contributed by atoms with Crippen molar-refractivity contribution in [1.82, 2.24) is 5.32 Å². The molecule has 0 heterocycles. The summed E-state index contributed by atoms with van der Waals surface area (Å²) in [5.74, 6) is 2.11. The third-order valence-electron chi connectivity index (χ3n) is 2.76. The van der Waals surface area contributed by atoms with Gasteiger partial charge >= 0.3 is 0 Å². The van der Waals surface area contributed by atoms with Gasteiger partial charge in [-0.1, -0.05) is 12.2 Å². The standard InChI is InChI=1S/C14H21NO3/c1-10(15-2)6-7-11-8-13(17-4)14(18-5)9-12(11)16-3/h6-10,15H,1-5H3/b7-6+. The minimum absolute atomic E-state index is 0.294. The van der Waals surface area contributed by atoms with E-state index in [1.54, 1.807) is 21.3 Å². The first-order valence-electron chi connectivity index (χ1n) is 5.81. The minimum Gasteiger partial charge on any atom is -0.496 e. The van der Waals surface area contributed by atoms with Gasteiger partial charge in [-0.25, -0.2) is 0 Å². The number of likely N-dealkylation sites (N-methyl/N-ethyl adjacent to an activating group) is 1. The van der Waals surface area contributed by atoms with E-state index >= 15 is 0 Å². The van der Waals surface area contributed by atoms with E-state index in [2.05, 4.69) is 18.3 Å². The molecule has 18 heavy (non-hydrogen) atoms. The van der Waals surface area contributed by atoms with Gasteiger partial charge in [-0.2, -0.15) is 0 Å². The quantitative estimate of drug-likeness (QED) is 0.842. The molecule has 0 aliphatic heterocycles. The van der Waals surface area contributed by atoms with E-state index < -0.39 is 0 Å². The van der Waals surface area contributed by atoms with Gasteiger partial charge in [-0.05, 0) is 20.0 Å². The Morgan fingerprint density at radius 2 is 1.56 bits per heavy atom. The molecule has 1 aromatic carbocycles. The molecule has 0 spiro atoms. The number of hydrogen-bond acceptors (Lipinski definition) is 4. The summed E-state index contributed by atoms with van der Waals surface area (Å²) in [4.78, 5) is 0. The topological polar surface area (TPSA) is 39.7 Å². The predicted octanol–water partition coefficient (Wildman–Crippen LogP) is 2.33. The van der Waals surface area contributed by atoms with Crippen molar-refractivity contribution in [2.45, 2.75) is 13.0 Å². The Morgan fingerprint density at radius 3 is 2.06 bits per heavy atom. The molecule has 4 nitrogen and oxygen atoms in total. The summed E-state index contributed by atoms with van der Waals surface area (Å²) in [6.07, 6.45) is 4.06. The molecular formula is C14H21NO3. The highest BCUT2D eigenvalue weighted by molar-refractivity contribution is 5.63. The molecule has 1 N–H and O–H groups in total. The van der Waals surface area contributed by atoms with Crippen molar-refractivity contribution in [3.05, 3.63) is 23.8 Å². The van der Waals surface area contributed by atoms with Gasteiger partial charge < -0.3 is 19.5 Å². The van der Waals surface area contributed by atoms with Crippen LogP contribution in [0.15, 0.2) is 18.2 Å². The first-order valence-corrected chi connectivity index (χ1v) is 5.81. The molecule has 1 unspecified atom stereocenters. The highest BCUT2D eigenvalue weighted by Crippen LogP contribution is 2.35. The van der Waals surface area contributed by atoms with Crippen LogP contribution in [0.25, 0.3) is 6.08 Å². The van der Waals surface area contributed by atoms with Gasteiger partial charge in [0.25, 0.3) is 0 Å². The lowest BCUT2D eigenvalue weighted by Crippen LogP contribution is -2.17. The van der Waals surface area contributed by atoms with E-state index in [0.29, 0.717) is 17.5 Å². The summed E-state index contributed by atoms with van der Waals surface area (Å²) in [6.45, 7) is 2.07. The second kappa shape index (κ2) is 6.91. The first kappa shape index (κ1) is 14.4. The summed E-state index contributed by atoms with van der Waals surface area (Å²) in [5.41, 5.74) is 0.956. The van der Waals surface area contributed by atoms with Crippen molar-refractivity contribution >= 4 is 6.08 Å². The lowest BCUT2D eigenvalue weighted by atomic mass is 10.1. The maximum Gasteiger partial charge on any atom is 0.164 e. The lowest BCUT2D eigenvalue weighted by molar-refractivity contribution is 0.348. The van der Waals surface area contributed by atoms with Crippen LogP contribution in [0.2, 0.25) is 0 Å². The van der Waals surface area contributed by atoms with Gasteiger partial charge in [0.05, 0.1) is 21.3 Å². The van der Waals surface area contributed by atoms with Crippen LogP contribution in [0.1, 0.15) is 12.5 Å². The van der Waals surface area contributed by atoms with Gasteiger partial charge in [0.1, 0.15) is 5.75 Å². The van der Waals surface area contributed by atoms with Gasteiger partial charge in [0.2, 0.25) is 0 Å². The molecule has 0 bridgehead atoms. The summed E-state index contributed by atoms with van der Waals surface area (Å²) >= 11 is 0. The van der Waals surface area contributed by atoms with Gasteiger partial charge in [-0.15, -0.1) is 0 Å². The molecule has 100 valence electrons. The molecule has 0 aliphatic carbocycles. The molecule has 0 aromatic heterocycles. The zero-order chi connectivity index (χ0) is 13.5. The lowest BCUT2D eigenvalue weighted by Gasteiger charge is -2.12. The highest BCUT2D eigenvalue weighted by atomic mass is 16.5. The number of rotatable bonds is 6. The van der Waals surface area contributed by atoms with Crippen molar-refractivity contribution in [2.75, 3.05) is 28.4 Å². The van der Waals surface area contributed by atoms with Crippen molar-refractivity contribution in [3.63, 3.8) is 0 Å². The summed E-state index contributed by atoms with van der Waals surface area (Å²) in [6, 6.07) is 4.02. The van der Waals surface area contributed by atoms with Crippen molar-refractivity contribution in [2.24, 2.45) is 0 Å². The van der Waals surface area contributed by atoms with E-state index in [-0.39, 0.29) is 0 Å². The maximum absolute atomic E-state index is 5.35. The number of methoxy groups -OCH3 is 3. The van der Waals surface area contributed by atoms with Crippen LogP contribution in [0.3, 0.4) is 0 Å². The van der Waals surface area contributed by atoms with Crippen LogP contribution < -0.4 is 19.5 Å². The molecular weight excluding hydrogens is 230 g/mol. The molecule has 1 atom stereocenters. The van der Waals surface area contributed by atoms with Crippen LogP contribution in [0.4, 0.5) is 0 Å². The van der Waals surface area contributed by atoms with Gasteiger partial charge in [-0.3, -0.25) is 0 Å². The Hall–Kier alpha value is -1.68. The Bertz CT molecular complexity index is 416. The second-order valence-electron chi connectivity index (χ2n) is 3.89. The largest absolute Gasteiger partial charge is 0.496 e. The summed E-state index contributed by atoms with van der Waals surface area (Å²) in [7, 11) is 6.78. The molecule has 0 amide bonds. The zero-order valence-electron chi connectivity index (χ0n) is 11.6. The fourth-order valence-electron chi connectivity index (χ4n) is 1.53. The molecule has 0 aliphatic rings. The molecule has 0 saturated carbocycles. The minimum atomic E-state index is 0.294. The van der Waals surface area contributed by atoms with Crippen molar-refractivity contribution < 1.29 is 14.2 Å². The number of benzene rings is 1. The normalized spacial score (nSPS) is 12.5. The Balaban J connectivity index is 3.13. The van der Waals surface area contributed by atoms with Gasteiger partial charge in [0.15, 0.2) is 11.5 Å². The monoisotopic (exact) mass is 251 g/mol. The molecule has 0 radical (unpaired) electrons. The number of nitrogens with one attached hydrogen (secondary N) is 1. The van der Waals surface area contributed by atoms with Crippen LogP contribution in [-0.4, -0.2) is 34.4 Å². The fourth-order valence-corrected chi connectivity index (χ4v) is 1.53. The fraction of sp³-hybridized carbons (Fsp3) is 0.429. The Kier molecular flexibility index (Phi) is 5.52. The molecule has 0 fully saturated rings. The third kappa shape index (κ3) is 3.40. The van der Waals surface area contributed by atoms with Crippen molar-refractivity contribution in [3.8, 4) is 17.2 Å². The number of hydrogen-bond donors (Lipinski definition) is 1. The molecule has 4 heteroatoms. The van der Waals surface area contributed by atoms with E-state index in [0.717, 1.165) is 11.3 Å². The molecule has 0 saturated heterocycles. The van der Waals surface area contributed by atoms with Crippen LogP contribution >= 0.6 is 0 Å². The third-order valence-corrected chi connectivity index (χ3v) is 2.76. The van der Waals surface area contributed by atoms with E-state index in [1.165, 1.54) is 0 Å². The SMILES string of the molecule is CNC(C)/C=C/c1cc(OC)c(OC)cc1OC. The molecule has 1 aromatic rings. The smallest absolute Gasteiger partial charge is 0.164 e.